The largest absolute Gasteiger partial charge is 0.461 e. The topological polar surface area (TPSA) is 26.3 Å². The molecule has 1 aliphatic rings. The van der Waals surface area contributed by atoms with Crippen molar-refractivity contribution in [1.82, 2.24) is 0 Å². The highest BCUT2D eigenvalue weighted by atomic mass is 16.5. The zero-order valence-electron chi connectivity index (χ0n) is 21.1. The van der Waals surface area contributed by atoms with E-state index in [2.05, 4.69) is 65.0 Å². The maximum Gasteiger partial charge on any atom is 0.306 e. The molecule has 0 aromatic carbocycles. The lowest BCUT2D eigenvalue weighted by Gasteiger charge is -2.32. The molecule has 1 rings (SSSR count). The predicted molar refractivity (Wildman–Crippen MR) is 135 cm³/mol. The van der Waals surface area contributed by atoms with Gasteiger partial charge in [0.05, 0.1) is 0 Å². The van der Waals surface area contributed by atoms with E-state index in [0.29, 0.717) is 13.0 Å². The maximum absolute atomic E-state index is 11.8. The third kappa shape index (κ3) is 12.0. The molecule has 2 nitrogen and oxygen atoms in total. The van der Waals surface area contributed by atoms with E-state index in [1.807, 2.05) is 13.0 Å². The molecule has 0 amide bonds. The molecular weight excluding hydrogens is 380 g/mol. The molecule has 0 saturated carbocycles. The lowest BCUT2D eigenvalue weighted by atomic mass is 9.72. The van der Waals surface area contributed by atoms with E-state index < -0.39 is 0 Å². The summed E-state index contributed by atoms with van der Waals surface area (Å²) in [5, 5.41) is 0. The van der Waals surface area contributed by atoms with Crippen LogP contribution in [0.2, 0.25) is 0 Å². The third-order valence-electron chi connectivity index (χ3n) is 6.16. The van der Waals surface area contributed by atoms with Crippen LogP contribution in [0, 0.1) is 5.41 Å². The van der Waals surface area contributed by atoms with Crippen LogP contribution in [0.5, 0.6) is 0 Å². The van der Waals surface area contributed by atoms with Gasteiger partial charge in [-0.3, -0.25) is 4.79 Å². The standard InChI is InChI=1S/C29H46O2/c1-7-8-9-10-11-12-18-28(30)31-23-21-25(3)16-13-15-24(2)19-20-27-26(4)17-14-22-29(27,5)6/h13,15-16,19-21H,7-12,14,17-18,22-23H2,1-6H3. The van der Waals surface area contributed by atoms with Gasteiger partial charge >= 0.3 is 5.97 Å². The van der Waals surface area contributed by atoms with Crippen LogP contribution < -0.4 is 0 Å². The molecule has 2 heteroatoms. The van der Waals surface area contributed by atoms with Crippen molar-refractivity contribution in [3.8, 4) is 0 Å². The molecule has 31 heavy (non-hydrogen) atoms. The summed E-state index contributed by atoms with van der Waals surface area (Å²) in [6.07, 6.45) is 24.2. The van der Waals surface area contributed by atoms with E-state index in [4.69, 9.17) is 4.74 Å². The molecule has 0 saturated heterocycles. The first-order chi connectivity index (χ1) is 14.8. The van der Waals surface area contributed by atoms with Crippen molar-refractivity contribution in [3.63, 3.8) is 0 Å². The van der Waals surface area contributed by atoms with E-state index >= 15 is 0 Å². The number of esters is 1. The molecule has 0 aliphatic heterocycles. The number of carbonyl (C=O) groups excluding carboxylic acids is 1. The molecule has 0 unspecified atom stereocenters. The molecule has 0 N–H and O–H groups in total. The van der Waals surface area contributed by atoms with Crippen LogP contribution in [-0.4, -0.2) is 12.6 Å². The predicted octanol–water partition coefficient (Wildman–Crippen LogP) is 8.81. The highest BCUT2D eigenvalue weighted by molar-refractivity contribution is 5.69. The molecule has 0 heterocycles. The molecule has 0 aromatic rings. The van der Waals surface area contributed by atoms with Crippen molar-refractivity contribution in [2.24, 2.45) is 5.41 Å². The van der Waals surface area contributed by atoms with E-state index in [0.717, 1.165) is 18.4 Å². The van der Waals surface area contributed by atoms with Gasteiger partial charge in [-0.15, -0.1) is 0 Å². The van der Waals surface area contributed by atoms with Gasteiger partial charge in [-0.2, -0.15) is 0 Å². The second-order valence-corrected chi connectivity index (χ2v) is 9.68. The highest BCUT2D eigenvalue weighted by Gasteiger charge is 2.26. The average molecular weight is 427 g/mol. The maximum atomic E-state index is 11.8. The Morgan fingerprint density at radius 1 is 1.03 bits per heavy atom. The van der Waals surface area contributed by atoms with Gasteiger partial charge < -0.3 is 4.74 Å². The Morgan fingerprint density at radius 3 is 2.45 bits per heavy atom. The van der Waals surface area contributed by atoms with Crippen molar-refractivity contribution in [2.45, 2.75) is 106 Å². The highest BCUT2D eigenvalue weighted by Crippen LogP contribution is 2.40. The molecule has 174 valence electrons. The first-order valence-electron chi connectivity index (χ1n) is 12.3. The van der Waals surface area contributed by atoms with Gasteiger partial charge in [0.15, 0.2) is 0 Å². The van der Waals surface area contributed by atoms with Gasteiger partial charge in [-0.05, 0) is 63.5 Å². The smallest absolute Gasteiger partial charge is 0.306 e. The summed E-state index contributed by atoms with van der Waals surface area (Å²) >= 11 is 0. The number of ether oxygens (including phenoxy) is 1. The van der Waals surface area contributed by atoms with Crippen LogP contribution in [0.1, 0.15) is 106 Å². The van der Waals surface area contributed by atoms with Crippen LogP contribution in [0.4, 0.5) is 0 Å². The third-order valence-corrected chi connectivity index (χ3v) is 6.16. The second kappa shape index (κ2) is 15.1. The van der Waals surface area contributed by atoms with Gasteiger partial charge in [0.25, 0.3) is 0 Å². The van der Waals surface area contributed by atoms with Gasteiger partial charge in [0.2, 0.25) is 0 Å². The SMILES string of the molecule is CCCCCCCCC(=O)OCC=C(C)C=CC=C(C)C=CC1=C(C)CCCC1(C)C. The van der Waals surface area contributed by atoms with Gasteiger partial charge in [-0.25, -0.2) is 0 Å². The Balaban J connectivity index is 2.38. The number of allylic oxidation sites excluding steroid dienone is 9. The van der Waals surface area contributed by atoms with Crippen molar-refractivity contribution in [3.05, 3.63) is 58.7 Å². The van der Waals surface area contributed by atoms with Crippen molar-refractivity contribution in [2.75, 3.05) is 6.61 Å². The lowest BCUT2D eigenvalue weighted by molar-refractivity contribution is -0.142. The zero-order chi connectivity index (χ0) is 23.1. The monoisotopic (exact) mass is 426 g/mol. The number of unbranched alkanes of at least 4 members (excludes halogenated alkanes) is 5. The summed E-state index contributed by atoms with van der Waals surface area (Å²) in [5.74, 6) is -0.0837. The Kier molecular flexibility index (Phi) is 13.2. The first kappa shape index (κ1) is 27.2. The number of hydrogen-bond acceptors (Lipinski definition) is 2. The molecule has 0 atom stereocenters. The van der Waals surface area contributed by atoms with Gasteiger partial charge in [-0.1, -0.05) is 100.0 Å². The number of rotatable bonds is 13. The fraction of sp³-hybridized carbons (Fsp3) is 0.621. The van der Waals surface area contributed by atoms with Gasteiger partial charge in [0.1, 0.15) is 6.61 Å². The second-order valence-electron chi connectivity index (χ2n) is 9.68. The Bertz CT molecular complexity index is 698. The average Bonchev–Trinajstić information content (AvgIpc) is 2.69. The summed E-state index contributed by atoms with van der Waals surface area (Å²) in [6.45, 7) is 13.7. The molecule has 0 spiro atoms. The normalized spacial score (nSPS) is 17.7. The fourth-order valence-corrected chi connectivity index (χ4v) is 4.09. The van der Waals surface area contributed by atoms with Crippen LogP contribution >= 0.6 is 0 Å². The molecule has 1 aliphatic carbocycles. The summed E-state index contributed by atoms with van der Waals surface area (Å²) in [5.41, 5.74) is 5.64. The molecule has 0 bridgehead atoms. The van der Waals surface area contributed by atoms with Crippen LogP contribution in [0.25, 0.3) is 0 Å². The van der Waals surface area contributed by atoms with Gasteiger partial charge in [0, 0.05) is 6.42 Å². The Morgan fingerprint density at radius 2 is 1.74 bits per heavy atom. The Labute approximate surface area is 192 Å². The summed E-state index contributed by atoms with van der Waals surface area (Å²) < 4.78 is 5.32. The van der Waals surface area contributed by atoms with Crippen molar-refractivity contribution >= 4 is 5.97 Å². The number of carbonyl (C=O) groups is 1. The van der Waals surface area contributed by atoms with Crippen LogP contribution in [0.15, 0.2) is 58.7 Å². The summed E-state index contributed by atoms with van der Waals surface area (Å²) in [7, 11) is 0. The van der Waals surface area contributed by atoms with E-state index in [1.165, 1.54) is 61.7 Å². The quantitative estimate of drug-likeness (QED) is 0.167. The number of hydrogen-bond donors (Lipinski definition) is 0. The first-order valence-corrected chi connectivity index (χ1v) is 12.3. The minimum absolute atomic E-state index is 0.0837. The van der Waals surface area contributed by atoms with Crippen molar-refractivity contribution < 1.29 is 9.53 Å². The minimum Gasteiger partial charge on any atom is -0.461 e. The summed E-state index contributed by atoms with van der Waals surface area (Å²) in [6, 6.07) is 0. The molecule has 0 aromatic heterocycles. The van der Waals surface area contributed by atoms with Crippen LogP contribution in [0.3, 0.4) is 0 Å². The molecule has 0 fully saturated rings. The lowest BCUT2D eigenvalue weighted by Crippen LogP contribution is -2.19. The Hall–Kier alpha value is -1.83. The molecule has 0 radical (unpaired) electrons. The van der Waals surface area contributed by atoms with E-state index in [9.17, 15) is 4.79 Å². The zero-order valence-corrected chi connectivity index (χ0v) is 21.1. The molecular formula is C29H46O2. The van der Waals surface area contributed by atoms with E-state index in [1.54, 1.807) is 0 Å². The van der Waals surface area contributed by atoms with Crippen LogP contribution in [-0.2, 0) is 9.53 Å². The summed E-state index contributed by atoms with van der Waals surface area (Å²) in [4.78, 5) is 11.8. The minimum atomic E-state index is -0.0837. The fourth-order valence-electron chi connectivity index (χ4n) is 4.09. The van der Waals surface area contributed by atoms with Crippen molar-refractivity contribution in [1.29, 1.82) is 0 Å². The van der Waals surface area contributed by atoms with E-state index in [-0.39, 0.29) is 11.4 Å².